The van der Waals surface area contributed by atoms with E-state index in [-0.39, 0.29) is 11.1 Å². The minimum Gasteiger partial charge on any atom is -0.353 e. The molecule has 84 valence electrons. The molecule has 16 heavy (non-hydrogen) atoms. The molecule has 2 rings (SSSR count). The monoisotopic (exact) mass is 223 g/mol. The fourth-order valence-electron chi connectivity index (χ4n) is 1.76. The summed E-state index contributed by atoms with van der Waals surface area (Å²) in [4.78, 5) is 14.3. The maximum absolute atomic E-state index is 12.5. The molecule has 1 aromatic heterocycles. The van der Waals surface area contributed by atoms with Gasteiger partial charge in [-0.05, 0) is 18.1 Å². The van der Waals surface area contributed by atoms with Gasteiger partial charge in [0.05, 0.1) is 11.2 Å². The molecule has 0 aliphatic carbocycles. The van der Waals surface area contributed by atoms with E-state index in [1.807, 2.05) is 13.0 Å². The van der Waals surface area contributed by atoms with Gasteiger partial charge in [-0.1, -0.05) is 19.1 Å². The van der Waals surface area contributed by atoms with E-state index in [0.717, 1.165) is 11.6 Å². The molecule has 2 nitrogen and oxygen atoms in total. The Morgan fingerprint density at radius 3 is 2.75 bits per heavy atom. The molecular formula is C12H11F2NO. The van der Waals surface area contributed by atoms with E-state index in [1.165, 1.54) is 0 Å². The van der Waals surface area contributed by atoms with Gasteiger partial charge in [-0.3, -0.25) is 4.79 Å². The van der Waals surface area contributed by atoms with Crippen LogP contribution in [-0.4, -0.2) is 4.98 Å². The maximum Gasteiger partial charge on any atom is 0.278 e. The predicted molar refractivity (Wildman–Crippen MR) is 58.9 cm³/mol. The van der Waals surface area contributed by atoms with Crippen LogP contribution in [-0.2, 0) is 6.42 Å². The summed E-state index contributed by atoms with van der Waals surface area (Å²) in [6, 6.07) is 6.20. The van der Waals surface area contributed by atoms with Crippen molar-refractivity contribution >= 4 is 10.9 Å². The van der Waals surface area contributed by atoms with Crippen molar-refractivity contribution in [3.63, 3.8) is 0 Å². The summed E-state index contributed by atoms with van der Waals surface area (Å²) in [6.07, 6.45) is -1.96. The number of nitrogens with one attached hydrogen (secondary N) is 1. The lowest BCUT2D eigenvalue weighted by Crippen LogP contribution is -2.06. The molecule has 0 amide bonds. The first-order chi connectivity index (χ1) is 7.63. The van der Waals surface area contributed by atoms with Crippen molar-refractivity contribution in [3.8, 4) is 0 Å². The summed E-state index contributed by atoms with van der Waals surface area (Å²) in [5.74, 6) is 0. The molecule has 0 aliphatic rings. The highest BCUT2D eigenvalue weighted by Gasteiger charge is 2.11. The van der Waals surface area contributed by atoms with E-state index in [0.29, 0.717) is 17.3 Å². The third-order valence-corrected chi connectivity index (χ3v) is 2.59. The van der Waals surface area contributed by atoms with Crippen LogP contribution in [0.2, 0.25) is 0 Å². The van der Waals surface area contributed by atoms with Crippen LogP contribution < -0.4 is 5.43 Å². The van der Waals surface area contributed by atoms with Crippen LogP contribution in [0.4, 0.5) is 8.78 Å². The molecule has 0 fully saturated rings. The highest BCUT2D eigenvalue weighted by Crippen LogP contribution is 2.20. The van der Waals surface area contributed by atoms with Gasteiger partial charge in [-0.2, -0.15) is 0 Å². The Balaban J connectivity index is 2.83. The highest BCUT2D eigenvalue weighted by atomic mass is 19.3. The molecule has 0 spiro atoms. The van der Waals surface area contributed by atoms with Gasteiger partial charge in [0.1, 0.15) is 0 Å². The molecule has 0 saturated heterocycles. The van der Waals surface area contributed by atoms with Crippen LogP contribution >= 0.6 is 0 Å². The number of alkyl halides is 2. The van der Waals surface area contributed by atoms with E-state index < -0.39 is 6.43 Å². The number of pyridine rings is 1. The number of halogens is 2. The van der Waals surface area contributed by atoms with Gasteiger partial charge in [-0.25, -0.2) is 8.78 Å². The van der Waals surface area contributed by atoms with Gasteiger partial charge >= 0.3 is 0 Å². The minimum atomic E-state index is -2.65. The summed E-state index contributed by atoms with van der Waals surface area (Å²) in [6.45, 7) is 1.92. The van der Waals surface area contributed by atoms with Gasteiger partial charge in [0.15, 0.2) is 5.43 Å². The van der Waals surface area contributed by atoms with Crippen molar-refractivity contribution in [2.75, 3.05) is 0 Å². The average molecular weight is 223 g/mol. The SMILES string of the molecule is CCc1cccc2c(=O)cc(C(F)F)[nH]c12. The lowest BCUT2D eigenvalue weighted by molar-refractivity contribution is 0.146. The van der Waals surface area contributed by atoms with E-state index in [1.54, 1.807) is 12.1 Å². The van der Waals surface area contributed by atoms with E-state index in [9.17, 15) is 13.6 Å². The summed E-state index contributed by atoms with van der Waals surface area (Å²) >= 11 is 0. The fraction of sp³-hybridized carbons (Fsp3) is 0.250. The Bertz CT molecular complexity index is 575. The van der Waals surface area contributed by atoms with E-state index >= 15 is 0 Å². The van der Waals surface area contributed by atoms with Crippen molar-refractivity contribution in [1.29, 1.82) is 0 Å². The molecule has 0 aliphatic heterocycles. The molecule has 0 radical (unpaired) electrons. The normalized spacial score (nSPS) is 11.2. The molecule has 0 unspecified atom stereocenters. The standard InChI is InChI=1S/C12H11F2NO/c1-2-7-4-3-5-8-10(16)6-9(12(13)14)15-11(7)8/h3-6,12H,2H2,1H3,(H,15,16). The third-order valence-electron chi connectivity index (χ3n) is 2.59. The van der Waals surface area contributed by atoms with Crippen LogP contribution in [0.3, 0.4) is 0 Å². The highest BCUT2D eigenvalue weighted by molar-refractivity contribution is 5.81. The van der Waals surface area contributed by atoms with Gasteiger partial charge in [-0.15, -0.1) is 0 Å². The number of benzene rings is 1. The largest absolute Gasteiger partial charge is 0.353 e. The molecule has 1 heterocycles. The zero-order valence-electron chi connectivity index (χ0n) is 8.76. The van der Waals surface area contributed by atoms with Crippen LogP contribution in [0.15, 0.2) is 29.1 Å². The van der Waals surface area contributed by atoms with Gasteiger partial charge < -0.3 is 4.98 Å². The Kier molecular flexibility index (Phi) is 2.73. The predicted octanol–water partition coefficient (Wildman–Crippen LogP) is 3.03. The second kappa shape index (κ2) is 4.04. The Labute approximate surface area is 90.9 Å². The number of aromatic nitrogens is 1. The molecule has 0 saturated carbocycles. The second-order valence-corrected chi connectivity index (χ2v) is 3.58. The lowest BCUT2D eigenvalue weighted by Gasteiger charge is -2.06. The number of hydrogen-bond acceptors (Lipinski definition) is 1. The van der Waals surface area contributed by atoms with Crippen molar-refractivity contribution in [2.24, 2.45) is 0 Å². The fourth-order valence-corrected chi connectivity index (χ4v) is 1.76. The van der Waals surface area contributed by atoms with E-state index in [2.05, 4.69) is 4.98 Å². The second-order valence-electron chi connectivity index (χ2n) is 3.58. The Hall–Kier alpha value is -1.71. The van der Waals surface area contributed by atoms with Crippen LogP contribution in [0.1, 0.15) is 24.6 Å². The molecule has 0 atom stereocenters. The summed E-state index contributed by atoms with van der Waals surface area (Å²) in [7, 11) is 0. The van der Waals surface area contributed by atoms with Gasteiger partial charge in [0, 0.05) is 11.5 Å². The van der Waals surface area contributed by atoms with Crippen molar-refractivity contribution < 1.29 is 8.78 Å². The Morgan fingerprint density at radius 2 is 2.12 bits per heavy atom. The maximum atomic E-state index is 12.5. The molecule has 0 bridgehead atoms. The quantitative estimate of drug-likeness (QED) is 0.833. The molecule has 4 heteroatoms. The average Bonchev–Trinajstić information content (AvgIpc) is 2.28. The van der Waals surface area contributed by atoms with Gasteiger partial charge in [0.2, 0.25) is 0 Å². The molecular weight excluding hydrogens is 212 g/mol. The number of hydrogen-bond donors (Lipinski definition) is 1. The van der Waals surface area contributed by atoms with Crippen LogP contribution in [0, 0.1) is 0 Å². The zero-order valence-corrected chi connectivity index (χ0v) is 8.76. The smallest absolute Gasteiger partial charge is 0.278 e. The summed E-state index contributed by atoms with van der Waals surface area (Å²) < 4.78 is 25.1. The number of fused-ring (bicyclic) bond motifs is 1. The Morgan fingerprint density at radius 1 is 1.38 bits per heavy atom. The minimum absolute atomic E-state index is 0.321. The molecule has 1 N–H and O–H groups in total. The third kappa shape index (κ3) is 1.71. The number of para-hydroxylation sites is 1. The van der Waals surface area contributed by atoms with Crippen LogP contribution in [0.25, 0.3) is 10.9 Å². The first-order valence-electron chi connectivity index (χ1n) is 5.06. The zero-order chi connectivity index (χ0) is 11.7. The first kappa shape index (κ1) is 10.8. The summed E-state index contributed by atoms with van der Waals surface area (Å²) in [5.41, 5.74) is 0.711. The molecule has 1 aromatic carbocycles. The lowest BCUT2D eigenvalue weighted by atomic mass is 10.1. The first-order valence-corrected chi connectivity index (χ1v) is 5.06. The van der Waals surface area contributed by atoms with Crippen molar-refractivity contribution in [3.05, 3.63) is 45.7 Å². The van der Waals surface area contributed by atoms with Crippen molar-refractivity contribution in [2.45, 2.75) is 19.8 Å². The number of rotatable bonds is 2. The van der Waals surface area contributed by atoms with Crippen LogP contribution in [0.5, 0.6) is 0 Å². The topological polar surface area (TPSA) is 32.9 Å². The molecule has 2 aromatic rings. The number of aryl methyl sites for hydroxylation is 1. The van der Waals surface area contributed by atoms with E-state index in [4.69, 9.17) is 0 Å². The number of aromatic amines is 1. The van der Waals surface area contributed by atoms with Crippen molar-refractivity contribution in [1.82, 2.24) is 4.98 Å². The van der Waals surface area contributed by atoms with Gasteiger partial charge in [0.25, 0.3) is 6.43 Å². The summed E-state index contributed by atoms with van der Waals surface area (Å²) in [5, 5.41) is 0.462. The number of H-pyrrole nitrogens is 1.